The molecule has 4 aromatic carbocycles. The van der Waals surface area contributed by atoms with E-state index < -0.39 is 42.0 Å². The van der Waals surface area contributed by atoms with Gasteiger partial charge in [0, 0.05) is 25.3 Å². The van der Waals surface area contributed by atoms with Crippen LogP contribution in [0.3, 0.4) is 0 Å². The van der Waals surface area contributed by atoms with E-state index in [2.05, 4.69) is 21.3 Å². The zero-order valence-corrected chi connectivity index (χ0v) is 26.6. The van der Waals surface area contributed by atoms with Crippen molar-refractivity contribution >= 4 is 40.9 Å². The molecule has 48 heavy (non-hydrogen) atoms. The quantitative estimate of drug-likeness (QED) is 0.152. The molecule has 1 aliphatic heterocycles. The third-order valence-corrected chi connectivity index (χ3v) is 8.47. The minimum Gasteiger partial charge on any atom is -0.445 e. The smallest absolute Gasteiger partial charge is 0.408 e. The normalized spacial score (nSPS) is 16.1. The van der Waals surface area contributed by atoms with E-state index in [0.717, 1.165) is 33.9 Å². The highest BCUT2D eigenvalue weighted by Gasteiger charge is 2.31. The van der Waals surface area contributed by atoms with Crippen molar-refractivity contribution in [2.24, 2.45) is 5.92 Å². The Morgan fingerprint density at radius 1 is 0.771 bits per heavy atom. The first-order valence-corrected chi connectivity index (χ1v) is 16.2. The highest BCUT2D eigenvalue weighted by Crippen LogP contribution is 2.21. The van der Waals surface area contributed by atoms with Crippen LogP contribution in [0.5, 0.6) is 0 Å². The van der Waals surface area contributed by atoms with E-state index >= 15 is 0 Å². The lowest BCUT2D eigenvalue weighted by Gasteiger charge is -2.27. The number of rotatable bonds is 14. The maximum Gasteiger partial charge on any atom is 0.408 e. The molecule has 0 aromatic heterocycles. The van der Waals surface area contributed by atoms with Crippen molar-refractivity contribution in [3.8, 4) is 0 Å². The second-order valence-corrected chi connectivity index (χ2v) is 12.0. The molecule has 4 atom stereocenters. The molecule has 4 aromatic rings. The first-order valence-electron chi connectivity index (χ1n) is 16.2. The number of benzene rings is 4. The first kappa shape index (κ1) is 33.8. The Kier molecular flexibility index (Phi) is 11.9. The Morgan fingerprint density at radius 2 is 1.42 bits per heavy atom. The van der Waals surface area contributed by atoms with Crippen molar-refractivity contribution in [1.29, 1.82) is 0 Å². The fraction of sp³-hybridized carbons (Fsp3) is 0.289. The molecule has 10 heteroatoms. The van der Waals surface area contributed by atoms with Crippen LogP contribution in [-0.2, 0) is 43.4 Å². The van der Waals surface area contributed by atoms with Crippen LogP contribution in [0.25, 0.3) is 10.8 Å². The molecule has 1 aliphatic rings. The average Bonchev–Trinajstić information content (AvgIpc) is 3.11. The van der Waals surface area contributed by atoms with Gasteiger partial charge in [0.1, 0.15) is 25.0 Å². The van der Waals surface area contributed by atoms with Gasteiger partial charge in [0.15, 0.2) is 0 Å². The second-order valence-electron chi connectivity index (χ2n) is 12.0. The summed E-state index contributed by atoms with van der Waals surface area (Å²) in [6.45, 7) is 0.604. The van der Waals surface area contributed by atoms with Crippen molar-refractivity contribution in [1.82, 2.24) is 21.3 Å². The number of nitrogens with one attached hydrogen (secondary N) is 4. The summed E-state index contributed by atoms with van der Waals surface area (Å²) in [6, 6.07) is 28.8. The number of piperidine rings is 1. The summed E-state index contributed by atoms with van der Waals surface area (Å²) in [5.74, 6) is -1.70. The molecule has 0 saturated carbocycles. The largest absolute Gasteiger partial charge is 0.445 e. The van der Waals surface area contributed by atoms with Crippen LogP contribution in [0.15, 0.2) is 103 Å². The molecular weight excluding hydrogens is 608 g/mol. The van der Waals surface area contributed by atoms with Crippen molar-refractivity contribution < 1.29 is 28.7 Å². The number of carbonyl (C=O) groups is 5. The van der Waals surface area contributed by atoms with Crippen LogP contribution in [0.4, 0.5) is 4.79 Å². The number of alkyl carbamates (subject to hydrolysis) is 1. The molecule has 0 bridgehead atoms. The number of fused-ring (bicyclic) bond motifs is 1. The lowest BCUT2D eigenvalue weighted by molar-refractivity contribution is -0.131. The molecule has 1 heterocycles. The fourth-order valence-electron chi connectivity index (χ4n) is 5.94. The lowest BCUT2D eigenvalue weighted by Crippen LogP contribution is -2.56. The molecule has 10 nitrogen and oxygen atoms in total. The predicted molar refractivity (Wildman–Crippen MR) is 182 cm³/mol. The van der Waals surface area contributed by atoms with Gasteiger partial charge >= 0.3 is 6.09 Å². The number of carbonyl (C=O) groups excluding carboxylic acids is 5. The van der Waals surface area contributed by atoms with Crippen molar-refractivity contribution in [3.05, 3.63) is 120 Å². The van der Waals surface area contributed by atoms with Gasteiger partial charge in [-0.2, -0.15) is 0 Å². The Labute approximate surface area is 279 Å². The Hall–Kier alpha value is -5.51. The van der Waals surface area contributed by atoms with Crippen LogP contribution in [0.2, 0.25) is 0 Å². The minimum absolute atomic E-state index is 0.0143. The van der Waals surface area contributed by atoms with Gasteiger partial charge in [0.25, 0.3) is 0 Å². The number of hydrogen-bond donors (Lipinski definition) is 4. The SMILES string of the molecule is O=C[C@H](C[C@@H]1CCCNC1=O)NC(=O)[C@H](Cc1ccccc1)NC(=O)[C@H](Cc1cccc2ccccc12)NC(=O)OCc1ccccc1. The third-order valence-electron chi connectivity index (χ3n) is 8.47. The Bertz CT molecular complexity index is 1710. The summed E-state index contributed by atoms with van der Waals surface area (Å²) in [4.78, 5) is 65.1. The summed E-state index contributed by atoms with van der Waals surface area (Å²) in [5, 5.41) is 13.0. The van der Waals surface area contributed by atoms with Gasteiger partial charge in [-0.05, 0) is 46.7 Å². The molecule has 0 unspecified atom stereocenters. The molecule has 1 saturated heterocycles. The number of amides is 4. The summed E-state index contributed by atoms with van der Waals surface area (Å²) >= 11 is 0. The van der Waals surface area contributed by atoms with E-state index in [1.165, 1.54) is 0 Å². The summed E-state index contributed by atoms with van der Waals surface area (Å²) < 4.78 is 5.45. The number of aldehydes is 1. The maximum absolute atomic E-state index is 14.0. The van der Waals surface area contributed by atoms with Gasteiger partial charge in [-0.1, -0.05) is 103 Å². The van der Waals surface area contributed by atoms with E-state index in [0.29, 0.717) is 19.3 Å². The van der Waals surface area contributed by atoms with Gasteiger partial charge in [-0.15, -0.1) is 0 Å². The van der Waals surface area contributed by atoms with Gasteiger partial charge in [0.2, 0.25) is 17.7 Å². The van der Waals surface area contributed by atoms with Crippen LogP contribution < -0.4 is 21.3 Å². The molecule has 1 fully saturated rings. The minimum atomic E-state index is -1.10. The van der Waals surface area contributed by atoms with E-state index in [1.54, 1.807) is 0 Å². The van der Waals surface area contributed by atoms with Crippen LogP contribution in [-0.4, -0.2) is 54.8 Å². The van der Waals surface area contributed by atoms with Crippen molar-refractivity contribution in [2.45, 2.75) is 56.8 Å². The highest BCUT2D eigenvalue weighted by atomic mass is 16.5. The highest BCUT2D eigenvalue weighted by molar-refractivity contribution is 5.93. The van der Waals surface area contributed by atoms with Crippen molar-refractivity contribution in [3.63, 3.8) is 0 Å². The van der Waals surface area contributed by atoms with Gasteiger partial charge in [-0.25, -0.2) is 4.79 Å². The molecule has 0 aliphatic carbocycles. The van der Waals surface area contributed by atoms with Crippen LogP contribution in [0.1, 0.15) is 36.0 Å². The molecule has 248 valence electrons. The molecule has 4 amide bonds. The Balaban J connectivity index is 1.35. The molecule has 4 N–H and O–H groups in total. The van der Waals surface area contributed by atoms with E-state index in [1.807, 2.05) is 103 Å². The van der Waals surface area contributed by atoms with E-state index in [9.17, 15) is 24.0 Å². The molecule has 5 rings (SSSR count). The topological polar surface area (TPSA) is 143 Å². The first-order chi connectivity index (χ1) is 23.4. The number of hydrogen-bond acceptors (Lipinski definition) is 6. The second kappa shape index (κ2) is 16.9. The third kappa shape index (κ3) is 9.51. The molecule has 0 radical (unpaired) electrons. The van der Waals surface area contributed by atoms with Gasteiger partial charge < -0.3 is 30.8 Å². The Morgan fingerprint density at radius 3 is 2.15 bits per heavy atom. The molecule has 0 spiro atoms. The standard InChI is InChI=1S/C38H40N4O6/c43-24-31(22-30-18-10-20-39-35(30)44)40-36(45)33(21-26-11-3-1-4-12-26)41-37(46)34(42-38(47)48-25-27-13-5-2-6-14-27)23-29-17-9-16-28-15-7-8-19-32(28)29/h1-9,11-17,19,24,30-31,33-34H,10,18,20-23,25H2,(H,39,44)(H,40,45)(H,41,46)(H,42,47)/t30-,31-,33-,34-/m0/s1. The fourth-order valence-corrected chi connectivity index (χ4v) is 5.94. The molecular formula is C38H40N4O6. The van der Waals surface area contributed by atoms with Crippen molar-refractivity contribution in [2.75, 3.05) is 6.54 Å². The average molecular weight is 649 g/mol. The maximum atomic E-state index is 14.0. The van der Waals surface area contributed by atoms with E-state index in [-0.39, 0.29) is 31.8 Å². The summed E-state index contributed by atoms with van der Waals surface area (Å²) in [7, 11) is 0. The summed E-state index contributed by atoms with van der Waals surface area (Å²) in [6.07, 6.45) is 1.67. The van der Waals surface area contributed by atoms with E-state index in [4.69, 9.17) is 4.74 Å². The van der Waals surface area contributed by atoms with Gasteiger partial charge in [-0.3, -0.25) is 14.4 Å². The summed E-state index contributed by atoms with van der Waals surface area (Å²) in [5.41, 5.74) is 2.40. The van der Waals surface area contributed by atoms with Crippen LogP contribution >= 0.6 is 0 Å². The zero-order valence-electron chi connectivity index (χ0n) is 26.6. The van der Waals surface area contributed by atoms with Crippen LogP contribution in [0, 0.1) is 5.92 Å². The van der Waals surface area contributed by atoms with Gasteiger partial charge in [0.05, 0.1) is 6.04 Å². The monoisotopic (exact) mass is 648 g/mol. The predicted octanol–water partition coefficient (Wildman–Crippen LogP) is 4.00. The number of ether oxygens (including phenoxy) is 1. The lowest BCUT2D eigenvalue weighted by atomic mass is 9.92. The zero-order chi connectivity index (χ0) is 33.7.